The van der Waals surface area contributed by atoms with E-state index >= 15 is 0 Å². The van der Waals surface area contributed by atoms with E-state index in [1.54, 1.807) is 20.8 Å². The maximum absolute atomic E-state index is 11.5. The Hall–Kier alpha value is -1.60. The van der Waals surface area contributed by atoms with E-state index < -0.39 is 18.0 Å². The molecular formula is C11H19N3O4. The molecule has 0 unspecified atom stereocenters. The maximum atomic E-state index is 11.5. The highest BCUT2D eigenvalue weighted by Crippen LogP contribution is 2.16. The average Bonchev–Trinajstić information content (AvgIpc) is 2.65. The van der Waals surface area contributed by atoms with Gasteiger partial charge in [0.2, 0.25) is 5.95 Å². The molecule has 1 amide bonds. The van der Waals surface area contributed by atoms with Gasteiger partial charge in [0.05, 0.1) is 11.9 Å². The summed E-state index contributed by atoms with van der Waals surface area (Å²) in [6, 6.07) is 0. The molecule has 7 nitrogen and oxygen atoms in total. The topological polar surface area (TPSA) is 85.5 Å². The van der Waals surface area contributed by atoms with Gasteiger partial charge < -0.3 is 19.2 Å². The molecule has 1 aromatic rings. The number of aromatic nitrogens is 2. The molecule has 0 fully saturated rings. The van der Waals surface area contributed by atoms with Gasteiger partial charge in [-0.15, -0.1) is 0 Å². The van der Waals surface area contributed by atoms with Gasteiger partial charge in [0, 0.05) is 14.2 Å². The summed E-state index contributed by atoms with van der Waals surface area (Å²) in [6.07, 6.45) is 0.395. The van der Waals surface area contributed by atoms with Crippen molar-refractivity contribution in [2.45, 2.75) is 32.7 Å². The Morgan fingerprint density at radius 2 is 2.00 bits per heavy atom. The molecule has 0 saturated carbocycles. The van der Waals surface area contributed by atoms with Gasteiger partial charge in [0.15, 0.2) is 6.29 Å². The second kappa shape index (κ2) is 5.83. The van der Waals surface area contributed by atoms with Crippen molar-refractivity contribution < 1.29 is 19.0 Å². The monoisotopic (exact) mass is 257 g/mol. The summed E-state index contributed by atoms with van der Waals surface area (Å²) >= 11 is 0. The molecule has 102 valence electrons. The lowest BCUT2D eigenvalue weighted by atomic mass is 10.2. The van der Waals surface area contributed by atoms with Crippen LogP contribution in [0.3, 0.4) is 0 Å². The fraction of sp³-hybridized carbons (Fsp3) is 0.636. The van der Waals surface area contributed by atoms with Crippen molar-refractivity contribution >= 4 is 12.0 Å². The zero-order valence-electron chi connectivity index (χ0n) is 11.2. The molecule has 0 aliphatic heterocycles. The van der Waals surface area contributed by atoms with Crippen LogP contribution in [-0.2, 0) is 14.2 Å². The summed E-state index contributed by atoms with van der Waals surface area (Å²) in [5, 5.41) is 2.48. The molecule has 18 heavy (non-hydrogen) atoms. The molecule has 1 rings (SSSR count). The van der Waals surface area contributed by atoms with Crippen molar-refractivity contribution in [2.24, 2.45) is 0 Å². The van der Waals surface area contributed by atoms with Crippen LogP contribution in [0.2, 0.25) is 0 Å². The Bertz CT molecular complexity index is 393. The molecular weight excluding hydrogens is 238 g/mol. The van der Waals surface area contributed by atoms with E-state index in [9.17, 15) is 4.79 Å². The van der Waals surface area contributed by atoms with Crippen molar-refractivity contribution in [3.63, 3.8) is 0 Å². The maximum Gasteiger partial charge on any atom is 0.414 e. The Morgan fingerprint density at radius 1 is 1.39 bits per heavy atom. The summed E-state index contributed by atoms with van der Waals surface area (Å²) in [4.78, 5) is 18.3. The predicted molar refractivity (Wildman–Crippen MR) is 65.2 cm³/mol. The molecule has 0 atom stereocenters. The first-order valence-electron chi connectivity index (χ1n) is 5.46. The van der Waals surface area contributed by atoms with Gasteiger partial charge in [-0.3, -0.25) is 5.32 Å². The van der Waals surface area contributed by atoms with Crippen LogP contribution in [0, 0.1) is 0 Å². The van der Waals surface area contributed by atoms with Crippen LogP contribution in [0.25, 0.3) is 0 Å². The SMILES string of the molecule is COC(OC)c1cnc(NC(=O)OC(C)(C)C)[nH]1. The molecule has 0 aromatic carbocycles. The third kappa shape index (κ3) is 4.34. The van der Waals surface area contributed by atoms with Gasteiger partial charge in [0.25, 0.3) is 0 Å². The number of carbonyl (C=O) groups is 1. The highest BCUT2D eigenvalue weighted by molar-refractivity contribution is 5.82. The molecule has 7 heteroatoms. The first kappa shape index (κ1) is 14.5. The Balaban J connectivity index is 2.61. The highest BCUT2D eigenvalue weighted by atomic mass is 16.7. The highest BCUT2D eigenvalue weighted by Gasteiger charge is 2.18. The number of amides is 1. The number of hydrogen-bond donors (Lipinski definition) is 2. The number of imidazole rings is 1. The van der Waals surface area contributed by atoms with E-state index in [-0.39, 0.29) is 5.95 Å². The molecule has 0 saturated heterocycles. The van der Waals surface area contributed by atoms with Crippen molar-refractivity contribution in [1.29, 1.82) is 0 Å². The smallest absolute Gasteiger partial charge is 0.414 e. The lowest BCUT2D eigenvalue weighted by molar-refractivity contribution is -0.108. The van der Waals surface area contributed by atoms with E-state index in [1.165, 1.54) is 20.4 Å². The average molecular weight is 257 g/mol. The molecule has 1 aromatic heterocycles. The van der Waals surface area contributed by atoms with E-state index in [1.807, 2.05) is 0 Å². The molecule has 0 aliphatic carbocycles. The quantitative estimate of drug-likeness (QED) is 0.806. The number of methoxy groups -OCH3 is 2. The van der Waals surface area contributed by atoms with Crippen LogP contribution in [0.4, 0.5) is 10.7 Å². The summed E-state index contributed by atoms with van der Waals surface area (Å²) in [5.74, 6) is 0.276. The first-order valence-corrected chi connectivity index (χ1v) is 5.46. The zero-order valence-corrected chi connectivity index (χ0v) is 11.2. The Kier molecular flexibility index (Phi) is 4.69. The van der Waals surface area contributed by atoms with Gasteiger partial charge >= 0.3 is 6.09 Å². The minimum Gasteiger partial charge on any atom is -0.444 e. The van der Waals surface area contributed by atoms with Crippen LogP contribution >= 0.6 is 0 Å². The number of nitrogens with one attached hydrogen (secondary N) is 2. The number of aromatic amines is 1. The summed E-state index contributed by atoms with van der Waals surface area (Å²) in [7, 11) is 3.02. The number of nitrogens with zero attached hydrogens (tertiary/aromatic N) is 1. The number of anilines is 1. The summed E-state index contributed by atoms with van der Waals surface area (Å²) in [6.45, 7) is 5.35. The van der Waals surface area contributed by atoms with E-state index in [2.05, 4.69) is 15.3 Å². The van der Waals surface area contributed by atoms with Crippen LogP contribution in [0.5, 0.6) is 0 Å². The molecule has 0 radical (unpaired) electrons. The molecule has 2 N–H and O–H groups in total. The number of rotatable bonds is 4. The normalized spacial score (nSPS) is 11.7. The van der Waals surface area contributed by atoms with Crippen LogP contribution in [0.15, 0.2) is 6.20 Å². The largest absolute Gasteiger partial charge is 0.444 e. The van der Waals surface area contributed by atoms with Crippen molar-refractivity contribution in [1.82, 2.24) is 9.97 Å². The van der Waals surface area contributed by atoms with Gasteiger partial charge in [-0.05, 0) is 20.8 Å². The van der Waals surface area contributed by atoms with Crippen LogP contribution in [0.1, 0.15) is 32.8 Å². The minimum atomic E-state index is -0.574. The minimum absolute atomic E-state index is 0.276. The fourth-order valence-corrected chi connectivity index (χ4v) is 1.27. The Morgan fingerprint density at radius 3 is 2.50 bits per heavy atom. The summed E-state index contributed by atoms with van der Waals surface area (Å²) < 4.78 is 15.2. The molecule has 0 spiro atoms. The number of ether oxygens (including phenoxy) is 3. The van der Waals surface area contributed by atoms with Gasteiger partial charge in [0.1, 0.15) is 5.60 Å². The molecule has 0 aliphatic rings. The van der Waals surface area contributed by atoms with Crippen molar-refractivity contribution in [3.8, 4) is 0 Å². The lowest BCUT2D eigenvalue weighted by Gasteiger charge is -2.19. The van der Waals surface area contributed by atoms with Crippen molar-refractivity contribution in [3.05, 3.63) is 11.9 Å². The number of hydrogen-bond acceptors (Lipinski definition) is 5. The predicted octanol–water partition coefficient (Wildman–Crippen LogP) is 2.05. The number of H-pyrrole nitrogens is 1. The number of carbonyl (C=O) groups excluding carboxylic acids is 1. The first-order chi connectivity index (χ1) is 8.35. The zero-order chi connectivity index (χ0) is 13.8. The fourth-order valence-electron chi connectivity index (χ4n) is 1.27. The second-order valence-electron chi connectivity index (χ2n) is 4.62. The molecule has 1 heterocycles. The van der Waals surface area contributed by atoms with E-state index in [0.29, 0.717) is 5.69 Å². The third-order valence-corrected chi connectivity index (χ3v) is 1.90. The van der Waals surface area contributed by atoms with Gasteiger partial charge in [-0.2, -0.15) is 0 Å². The third-order valence-electron chi connectivity index (χ3n) is 1.90. The van der Waals surface area contributed by atoms with Crippen molar-refractivity contribution in [2.75, 3.05) is 19.5 Å². The van der Waals surface area contributed by atoms with Crippen LogP contribution in [-0.4, -0.2) is 35.9 Å². The summed E-state index contributed by atoms with van der Waals surface area (Å²) in [5.41, 5.74) is 0.0484. The molecule has 0 bridgehead atoms. The standard InChI is InChI=1S/C11H19N3O4/c1-11(2,3)18-10(15)14-9-12-6-7(13-9)8(16-4)17-5/h6,8H,1-5H3,(H2,12,13,14,15). The van der Waals surface area contributed by atoms with E-state index in [0.717, 1.165) is 0 Å². The van der Waals surface area contributed by atoms with Gasteiger partial charge in [-0.25, -0.2) is 9.78 Å². The van der Waals surface area contributed by atoms with Gasteiger partial charge in [-0.1, -0.05) is 0 Å². The Labute approximate surface area is 106 Å². The van der Waals surface area contributed by atoms with E-state index in [4.69, 9.17) is 14.2 Å². The lowest BCUT2D eigenvalue weighted by Crippen LogP contribution is -2.27. The second-order valence-corrected chi connectivity index (χ2v) is 4.62. The van der Waals surface area contributed by atoms with Crippen LogP contribution < -0.4 is 5.32 Å².